The van der Waals surface area contributed by atoms with Gasteiger partial charge in [-0.1, -0.05) is 26.8 Å². The molecule has 36 heavy (non-hydrogen) atoms. The van der Waals surface area contributed by atoms with Crippen LogP contribution in [0.1, 0.15) is 62.4 Å². The van der Waals surface area contributed by atoms with Crippen LogP contribution in [0.4, 0.5) is 0 Å². The van der Waals surface area contributed by atoms with Gasteiger partial charge in [0.1, 0.15) is 24.1 Å². The summed E-state index contributed by atoms with van der Waals surface area (Å²) in [5, 5.41) is 14.4. The highest BCUT2D eigenvalue weighted by molar-refractivity contribution is 6.00. The maximum atomic E-state index is 13.9. The van der Waals surface area contributed by atoms with Crippen LogP contribution >= 0.6 is 0 Å². The van der Waals surface area contributed by atoms with Gasteiger partial charge in [-0.2, -0.15) is 0 Å². The Morgan fingerprint density at radius 2 is 1.89 bits per heavy atom. The number of ether oxygens (including phenoxy) is 1. The van der Waals surface area contributed by atoms with Gasteiger partial charge in [-0.3, -0.25) is 19.2 Å². The van der Waals surface area contributed by atoms with Crippen molar-refractivity contribution in [2.45, 2.75) is 77.5 Å². The molecule has 196 valence electrons. The quantitative estimate of drug-likeness (QED) is 0.437. The van der Waals surface area contributed by atoms with E-state index in [1.807, 2.05) is 20.8 Å². The minimum absolute atomic E-state index is 0.0898. The molecule has 2 fully saturated rings. The molecule has 0 spiro atoms. The molecule has 3 N–H and O–H groups in total. The van der Waals surface area contributed by atoms with Gasteiger partial charge in [0.05, 0.1) is 19.6 Å². The van der Waals surface area contributed by atoms with E-state index in [0.29, 0.717) is 29.6 Å². The minimum Gasteiger partial charge on any atom is -0.496 e. The highest BCUT2D eigenvalue weighted by Gasteiger charge is 2.53. The number of carbonyl (C=O) groups is 5. The van der Waals surface area contributed by atoms with Crippen LogP contribution in [0, 0.1) is 18.3 Å². The van der Waals surface area contributed by atoms with E-state index in [1.165, 1.54) is 7.11 Å². The van der Waals surface area contributed by atoms with Crippen LogP contribution in [0.25, 0.3) is 0 Å². The molecule has 0 aromatic heterocycles. The molecule has 1 saturated carbocycles. The Labute approximate surface area is 210 Å². The Morgan fingerprint density at radius 1 is 1.19 bits per heavy atom. The molecule has 1 unspecified atom stereocenters. The number of amides is 3. The topological polar surface area (TPSA) is 142 Å². The molecular weight excluding hydrogens is 466 g/mol. The van der Waals surface area contributed by atoms with Crippen molar-refractivity contribution in [2.24, 2.45) is 11.3 Å². The molecule has 2 bridgehead atoms. The van der Waals surface area contributed by atoms with Gasteiger partial charge in [0.15, 0.2) is 0 Å². The van der Waals surface area contributed by atoms with E-state index in [2.05, 4.69) is 10.6 Å². The highest BCUT2D eigenvalue weighted by atomic mass is 16.5. The number of hydrogen-bond donors (Lipinski definition) is 3. The predicted molar refractivity (Wildman–Crippen MR) is 130 cm³/mol. The van der Waals surface area contributed by atoms with E-state index in [0.717, 1.165) is 12.8 Å². The highest BCUT2D eigenvalue weighted by Crippen LogP contribution is 2.43. The van der Waals surface area contributed by atoms with Crippen LogP contribution in [-0.4, -0.2) is 71.3 Å². The number of benzene rings is 1. The van der Waals surface area contributed by atoms with Crippen molar-refractivity contribution in [3.05, 3.63) is 29.3 Å². The Hall–Kier alpha value is -3.43. The Balaban J connectivity index is 1.86. The number of likely N-dealkylation sites (tertiary alicyclic amines) is 1. The lowest BCUT2D eigenvalue weighted by molar-refractivity contribution is -0.147. The number of nitrogens with one attached hydrogen (secondary N) is 2. The molecule has 3 amide bonds. The van der Waals surface area contributed by atoms with E-state index >= 15 is 0 Å². The van der Waals surface area contributed by atoms with Gasteiger partial charge in [-0.05, 0) is 49.7 Å². The molecular formula is C26H35N3O7. The minimum atomic E-state index is -1.21. The molecule has 2 aliphatic rings. The van der Waals surface area contributed by atoms with Crippen LogP contribution < -0.4 is 15.4 Å². The van der Waals surface area contributed by atoms with Crippen molar-refractivity contribution in [3.63, 3.8) is 0 Å². The lowest BCUT2D eigenvalue weighted by atomic mass is 9.84. The Morgan fingerprint density at radius 3 is 2.47 bits per heavy atom. The summed E-state index contributed by atoms with van der Waals surface area (Å²) >= 11 is 0. The molecule has 1 aliphatic heterocycles. The summed E-state index contributed by atoms with van der Waals surface area (Å²) in [6.07, 6.45) is 2.00. The lowest BCUT2D eigenvalue weighted by Gasteiger charge is -2.40. The van der Waals surface area contributed by atoms with E-state index < -0.39 is 47.7 Å². The number of piperidine rings is 1. The van der Waals surface area contributed by atoms with Crippen LogP contribution in [0.15, 0.2) is 18.2 Å². The third kappa shape index (κ3) is 5.52. The number of aldehydes is 1. The molecule has 1 saturated heterocycles. The number of carboxylic acids is 1. The van der Waals surface area contributed by atoms with Gasteiger partial charge in [-0.25, -0.2) is 0 Å². The van der Waals surface area contributed by atoms with Gasteiger partial charge >= 0.3 is 5.97 Å². The maximum absolute atomic E-state index is 13.9. The van der Waals surface area contributed by atoms with Gasteiger partial charge in [-0.15, -0.1) is 0 Å². The van der Waals surface area contributed by atoms with Crippen LogP contribution in [0.2, 0.25) is 0 Å². The number of fused-ring (bicyclic) bond motifs is 2. The number of hydrogen-bond acceptors (Lipinski definition) is 6. The van der Waals surface area contributed by atoms with Crippen LogP contribution in [0.3, 0.4) is 0 Å². The van der Waals surface area contributed by atoms with Gasteiger partial charge in [0.2, 0.25) is 11.8 Å². The summed E-state index contributed by atoms with van der Waals surface area (Å²) in [6, 6.07) is 2.02. The number of rotatable bonds is 9. The number of carboxylic acid groups (broad SMARTS) is 1. The first-order valence-corrected chi connectivity index (χ1v) is 12.1. The van der Waals surface area contributed by atoms with E-state index in [-0.39, 0.29) is 17.9 Å². The van der Waals surface area contributed by atoms with E-state index in [9.17, 15) is 24.0 Å². The zero-order valence-corrected chi connectivity index (χ0v) is 21.4. The first-order valence-electron chi connectivity index (χ1n) is 12.1. The van der Waals surface area contributed by atoms with Crippen LogP contribution in [0.5, 0.6) is 5.75 Å². The first-order chi connectivity index (χ1) is 16.9. The average molecular weight is 502 g/mol. The fourth-order valence-electron chi connectivity index (χ4n) is 5.32. The molecule has 1 aromatic rings. The van der Waals surface area contributed by atoms with Gasteiger partial charge in [0, 0.05) is 17.2 Å². The summed E-state index contributed by atoms with van der Waals surface area (Å²) in [7, 11) is 1.52. The van der Waals surface area contributed by atoms with Crippen LogP contribution in [-0.2, 0) is 19.2 Å². The first kappa shape index (κ1) is 27.2. The Kier molecular flexibility index (Phi) is 8.05. The van der Waals surface area contributed by atoms with Gasteiger partial charge < -0.3 is 30.2 Å². The second kappa shape index (κ2) is 10.7. The van der Waals surface area contributed by atoms with Gasteiger partial charge in [0.25, 0.3) is 5.91 Å². The second-order valence-electron chi connectivity index (χ2n) is 10.7. The summed E-state index contributed by atoms with van der Waals surface area (Å²) < 4.78 is 5.31. The summed E-state index contributed by atoms with van der Waals surface area (Å²) in [5.41, 5.74) is 0.362. The predicted octanol–water partition coefficient (Wildman–Crippen LogP) is 1.69. The standard InChI is InChI=1S/C26H35N3O7/c1-14-18(7-6-8-19(14)36-5)23(33)28-22(26(2,3)4)25(35)29-17-10-9-15(11-17)21(29)24(34)27-16(13-30)12-20(31)32/h6-8,13,15-17,21-22H,9-12H2,1-5H3,(H,27,34)(H,28,33)(H,31,32)/t15-,16?,17-,21-,22+/m0/s1. The zero-order valence-electron chi connectivity index (χ0n) is 21.4. The molecule has 10 nitrogen and oxygen atoms in total. The smallest absolute Gasteiger partial charge is 0.305 e. The van der Waals surface area contributed by atoms with Crippen molar-refractivity contribution < 1.29 is 33.8 Å². The maximum Gasteiger partial charge on any atom is 0.305 e. The van der Waals surface area contributed by atoms with Crippen molar-refractivity contribution in [2.75, 3.05) is 7.11 Å². The number of carbonyl (C=O) groups excluding carboxylic acids is 4. The fraction of sp³-hybridized carbons (Fsp3) is 0.577. The summed E-state index contributed by atoms with van der Waals surface area (Å²) in [5.74, 6) is -2.08. The molecule has 1 aromatic carbocycles. The van der Waals surface area contributed by atoms with Crippen molar-refractivity contribution in [1.29, 1.82) is 0 Å². The zero-order chi connectivity index (χ0) is 26.8. The Bertz CT molecular complexity index is 1050. The third-order valence-corrected chi connectivity index (χ3v) is 7.13. The van der Waals surface area contributed by atoms with E-state index in [1.54, 1.807) is 30.0 Å². The van der Waals surface area contributed by atoms with E-state index in [4.69, 9.17) is 9.84 Å². The number of nitrogens with zero attached hydrogens (tertiary/aromatic N) is 1. The fourth-order valence-corrected chi connectivity index (χ4v) is 5.32. The van der Waals surface area contributed by atoms with Crippen molar-refractivity contribution in [3.8, 4) is 5.75 Å². The molecule has 1 aliphatic carbocycles. The van der Waals surface area contributed by atoms with Crippen molar-refractivity contribution >= 4 is 30.0 Å². The SMILES string of the molecule is COc1cccc(C(=O)N[C@H](C(=O)N2[C@H]3CC[C@@H](C3)[C@H]2C(=O)NC(C=O)CC(=O)O)C(C)(C)C)c1C. The molecule has 5 atom stereocenters. The molecule has 3 rings (SSSR count). The largest absolute Gasteiger partial charge is 0.496 e. The number of aliphatic carboxylic acids is 1. The normalized spacial score (nSPS) is 22.5. The van der Waals surface area contributed by atoms with Crippen molar-refractivity contribution in [1.82, 2.24) is 15.5 Å². The number of methoxy groups -OCH3 is 1. The summed E-state index contributed by atoms with van der Waals surface area (Å²) in [6.45, 7) is 7.29. The average Bonchev–Trinajstić information content (AvgIpc) is 3.42. The second-order valence-corrected chi connectivity index (χ2v) is 10.7. The monoisotopic (exact) mass is 501 g/mol. The third-order valence-electron chi connectivity index (χ3n) is 7.13. The molecule has 10 heteroatoms. The molecule has 1 heterocycles. The molecule has 0 radical (unpaired) electrons. The lowest BCUT2D eigenvalue weighted by Crippen LogP contribution is -2.61. The summed E-state index contributed by atoms with van der Waals surface area (Å²) in [4.78, 5) is 64.3.